The minimum atomic E-state index is 0.307. The van der Waals surface area contributed by atoms with E-state index in [1.54, 1.807) is 0 Å². The van der Waals surface area contributed by atoms with E-state index >= 15 is 0 Å². The lowest BCUT2D eigenvalue weighted by molar-refractivity contribution is 0.381. The zero-order chi connectivity index (χ0) is 11.8. The van der Waals surface area contributed by atoms with Crippen LogP contribution >= 0.6 is 0 Å². The Morgan fingerprint density at radius 1 is 1.50 bits per heavy atom. The Morgan fingerprint density at radius 2 is 2.31 bits per heavy atom. The van der Waals surface area contributed by atoms with Gasteiger partial charge in [-0.25, -0.2) is 0 Å². The first-order valence-corrected chi connectivity index (χ1v) is 6.01. The van der Waals surface area contributed by atoms with Gasteiger partial charge in [-0.2, -0.15) is 0 Å². The molecule has 2 heteroatoms. The van der Waals surface area contributed by atoms with Crippen LogP contribution in [0.15, 0.2) is 16.5 Å². The van der Waals surface area contributed by atoms with E-state index in [-0.39, 0.29) is 0 Å². The molecule has 0 saturated heterocycles. The van der Waals surface area contributed by atoms with Crippen LogP contribution in [0, 0.1) is 19.3 Å². The highest BCUT2D eigenvalue weighted by molar-refractivity contribution is 5.09. The normalized spacial score (nSPS) is 12.3. The molecule has 0 aromatic carbocycles. The van der Waals surface area contributed by atoms with Gasteiger partial charge in [0, 0.05) is 6.42 Å². The lowest BCUT2D eigenvalue weighted by Gasteiger charge is -2.15. The maximum absolute atomic E-state index is 5.66. The zero-order valence-electron chi connectivity index (χ0n) is 10.3. The summed E-state index contributed by atoms with van der Waals surface area (Å²) in [6.07, 6.45) is 9.31. The largest absolute Gasteiger partial charge is 0.465 e. The lowest BCUT2D eigenvalue weighted by Crippen LogP contribution is -2.21. The fourth-order valence-corrected chi connectivity index (χ4v) is 1.71. The van der Waals surface area contributed by atoms with Gasteiger partial charge in [0.15, 0.2) is 0 Å². The zero-order valence-corrected chi connectivity index (χ0v) is 10.3. The monoisotopic (exact) mass is 219 g/mol. The summed E-state index contributed by atoms with van der Waals surface area (Å²) in [6.45, 7) is 5.15. The number of furan rings is 1. The van der Waals surface area contributed by atoms with Gasteiger partial charge in [-0.3, -0.25) is 0 Å². The fourth-order valence-electron chi connectivity index (χ4n) is 1.71. The van der Waals surface area contributed by atoms with Gasteiger partial charge >= 0.3 is 0 Å². The Bertz CT molecular complexity index is 335. The summed E-state index contributed by atoms with van der Waals surface area (Å²) in [4.78, 5) is 0. The molecule has 16 heavy (non-hydrogen) atoms. The van der Waals surface area contributed by atoms with Crippen molar-refractivity contribution >= 4 is 0 Å². The third-order valence-corrected chi connectivity index (χ3v) is 2.56. The molecule has 1 N–H and O–H groups in total. The average molecular weight is 219 g/mol. The van der Waals surface area contributed by atoms with Crippen LogP contribution in [0.4, 0.5) is 0 Å². The van der Waals surface area contributed by atoms with Crippen LogP contribution in [0.5, 0.6) is 0 Å². The summed E-state index contributed by atoms with van der Waals surface area (Å²) in [5, 5.41) is 3.50. The molecule has 1 rings (SSSR count). The third-order valence-electron chi connectivity index (χ3n) is 2.56. The van der Waals surface area contributed by atoms with Crippen molar-refractivity contribution in [3.63, 3.8) is 0 Å². The second-order valence-electron chi connectivity index (χ2n) is 4.05. The Hall–Kier alpha value is -1.20. The molecule has 0 bridgehead atoms. The number of aryl methyl sites for hydroxylation is 1. The van der Waals surface area contributed by atoms with Gasteiger partial charge in [-0.15, -0.1) is 12.3 Å². The van der Waals surface area contributed by atoms with Gasteiger partial charge in [-0.1, -0.05) is 6.92 Å². The average Bonchev–Trinajstić information content (AvgIpc) is 2.70. The van der Waals surface area contributed by atoms with E-state index in [9.17, 15) is 0 Å². The third kappa shape index (κ3) is 4.12. The highest BCUT2D eigenvalue weighted by Gasteiger charge is 2.13. The minimum absolute atomic E-state index is 0.307. The minimum Gasteiger partial charge on any atom is -0.465 e. The van der Waals surface area contributed by atoms with Crippen molar-refractivity contribution in [3.05, 3.63) is 23.7 Å². The molecule has 0 fully saturated rings. The number of hydrogen-bond acceptors (Lipinski definition) is 2. The Kier molecular flexibility index (Phi) is 5.74. The molecule has 0 saturated carbocycles. The van der Waals surface area contributed by atoms with Crippen molar-refractivity contribution in [2.75, 3.05) is 6.54 Å². The van der Waals surface area contributed by atoms with Crippen molar-refractivity contribution in [3.8, 4) is 12.3 Å². The SMILES string of the molecule is C#CCCCC(NCCC)c1ccc(C)o1. The summed E-state index contributed by atoms with van der Waals surface area (Å²) < 4.78 is 5.66. The van der Waals surface area contributed by atoms with E-state index in [0.29, 0.717) is 6.04 Å². The second-order valence-corrected chi connectivity index (χ2v) is 4.05. The van der Waals surface area contributed by atoms with Crippen LogP contribution in [0.1, 0.15) is 50.2 Å². The molecule has 1 aromatic heterocycles. The molecule has 1 unspecified atom stereocenters. The van der Waals surface area contributed by atoms with E-state index in [4.69, 9.17) is 10.8 Å². The van der Waals surface area contributed by atoms with Gasteiger partial charge in [0.1, 0.15) is 11.5 Å². The molecular formula is C14H21NO. The van der Waals surface area contributed by atoms with Gasteiger partial charge in [0.2, 0.25) is 0 Å². The summed E-state index contributed by atoms with van der Waals surface area (Å²) in [7, 11) is 0. The molecule has 1 atom stereocenters. The standard InChI is InChI=1S/C14H21NO/c1-4-6-7-8-13(15-11-5-2)14-10-9-12(3)16-14/h1,9-10,13,15H,5-8,11H2,2-3H3. The Labute approximate surface area is 98.4 Å². The van der Waals surface area contributed by atoms with E-state index in [1.807, 2.05) is 13.0 Å². The molecule has 0 aliphatic heterocycles. The maximum atomic E-state index is 5.66. The molecule has 1 heterocycles. The van der Waals surface area contributed by atoms with Crippen molar-refractivity contribution in [2.45, 2.75) is 45.6 Å². The molecule has 2 nitrogen and oxygen atoms in total. The van der Waals surface area contributed by atoms with Crippen LogP contribution < -0.4 is 5.32 Å². The van der Waals surface area contributed by atoms with Gasteiger partial charge in [0.05, 0.1) is 6.04 Å². The lowest BCUT2D eigenvalue weighted by atomic mass is 10.1. The molecule has 0 amide bonds. The van der Waals surface area contributed by atoms with Crippen LogP contribution in [0.3, 0.4) is 0 Å². The molecule has 0 aliphatic rings. The number of hydrogen-bond donors (Lipinski definition) is 1. The van der Waals surface area contributed by atoms with Crippen LogP contribution in [-0.2, 0) is 0 Å². The Balaban J connectivity index is 2.53. The maximum Gasteiger partial charge on any atom is 0.121 e. The molecule has 0 aliphatic carbocycles. The number of unbranched alkanes of at least 4 members (excludes halogenated alkanes) is 1. The van der Waals surface area contributed by atoms with Crippen molar-refractivity contribution in [1.29, 1.82) is 0 Å². The first kappa shape index (κ1) is 12.9. The summed E-state index contributed by atoms with van der Waals surface area (Å²) in [5.74, 6) is 4.68. The van der Waals surface area contributed by atoms with Gasteiger partial charge in [0.25, 0.3) is 0 Å². The summed E-state index contributed by atoms with van der Waals surface area (Å²) in [5.41, 5.74) is 0. The Morgan fingerprint density at radius 3 is 2.88 bits per heavy atom. The van der Waals surface area contributed by atoms with Crippen LogP contribution in [0.25, 0.3) is 0 Å². The quantitative estimate of drug-likeness (QED) is 0.561. The first-order valence-electron chi connectivity index (χ1n) is 6.01. The molecule has 0 spiro atoms. The molecule has 88 valence electrons. The van der Waals surface area contributed by atoms with Crippen molar-refractivity contribution in [2.24, 2.45) is 0 Å². The second kappa shape index (κ2) is 7.14. The molecular weight excluding hydrogens is 198 g/mol. The smallest absolute Gasteiger partial charge is 0.121 e. The molecule has 1 aromatic rings. The van der Waals surface area contributed by atoms with Crippen LogP contribution in [-0.4, -0.2) is 6.54 Å². The van der Waals surface area contributed by atoms with Crippen molar-refractivity contribution in [1.82, 2.24) is 5.32 Å². The van der Waals surface area contributed by atoms with E-state index in [1.165, 1.54) is 0 Å². The topological polar surface area (TPSA) is 25.2 Å². The van der Waals surface area contributed by atoms with Crippen LogP contribution in [0.2, 0.25) is 0 Å². The highest BCUT2D eigenvalue weighted by atomic mass is 16.3. The first-order chi connectivity index (χ1) is 7.77. The van der Waals surface area contributed by atoms with E-state index < -0.39 is 0 Å². The molecule has 0 radical (unpaired) electrons. The van der Waals surface area contributed by atoms with Gasteiger partial charge in [-0.05, 0) is 44.9 Å². The number of nitrogens with one attached hydrogen (secondary N) is 1. The summed E-state index contributed by atoms with van der Waals surface area (Å²) in [6, 6.07) is 4.37. The number of rotatable bonds is 7. The number of terminal acetylenes is 1. The predicted octanol–water partition coefficient (Wildman–Crippen LogP) is 3.43. The fraction of sp³-hybridized carbons (Fsp3) is 0.571. The predicted molar refractivity (Wildman–Crippen MR) is 67.2 cm³/mol. The summed E-state index contributed by atoms with van der Waals surface area (Å²) >= 11 is 0. The highest BCUT2D eigenvalue weighted by Crippen LogP contribution is 2.21. The van der Waals surface area contributed by atoms with Crippen molar-refractivity contribution < 1.29 is 4.42 Å². The van der Waals surface area contributed by atoms with E-state index in [0.717, 1.165) is 43.7 Å². The van der Waals surface area contributed by atoms with Gasteiger partial charge < -0.3 is 9.73 Å². The van der Waals surface area contributed by atoms with E-state index in [2.05, 4.69) is 24.2 Å².